The largest absolute Gasteiger partial charge is 0.364 e. The summed E-state index contributed by atoms with van der Waals surface area (Å²) in [6, 6.07) is 7.93. The fourth-order valence-electron chi connectivity index (χ4n) is 1.48. The number of hydrogen-bond acceptors (Lipinski definition) is 4. The van der Waals surface area contributed by atoms with E-state index in [9.17, 15) is 4.39 Å². The maximum atomic E-state index is 13.1. The highest BCUT2D eigenvalue weighted by atomic mass is 19.1. The third kappa shape index (κ3) is 3.13. The average Bonchev–Trinajstić information content (AvgIpc) is 2.81. The van der Waals surface area contributed by atoms with Gasteiger partial charge in [-0.05, 0) is 23.8 Å². The van der Waals surface area contributed by atoms with Gasteiger partial charge in [-0.25, -0.2) is 4.39 Å². The van der Waals surface area contributed by atoms with Gasteiger partial charge in [-0.1, -0.05) is 5.16 Å². The molecule has 2 aromatic rings. The highest BCUT2D eigenvalue weighted by molar-refractivity contribution is 5.33. The second kappa shape index (κ2) is 5.23. The van der Waals surface area contributed by atoms with Crippen molar-refractivity contribution in [3.05, 3.63) is 53.2 Å². The highest BCUT2D eigenvalue weighted by Gasteiger charge is 2.01. The van der Waals surface area contributed by atoms with Crippen LogP contribution < -0.4 is 5.32 Å². The molecule has 1 aromatic heterocycles. The fourth-order valence-corrected chi connectivity index (χ4v) is 1.48. The van der Waals surface area contributed by atoms with Gasteiger partial charge in [-0.3, -0.25) is 0 Å². The summed E-state index contributed by atoms with van der Waals surface area (Å²) in [6.07, 6.45) is 1.49. The molecule has 86 valence electrons. The first-order chi connectivity index (χ1) is 8.28. The summed E-state index contributed by atoms with van der Waals surface area (Å²) in [6.45, 7) is 1.01. The van der Waals surface area contributed by atoms with Gasteiger partial charge in [0, 0.05) is 19.2 Å². The van der Waals surface area contributed by atoms with Gasteiger partial charge in [0.15, 0.2) is 0 Å². The van der Waals surface area contributed by atoms with E-state index < -0.39 is 5.82 Å². The summed E-state index contributed by atoms with van der Waals surface area (Å²) in [7, 11) is 0. The molecule has 2 rings (SSSR count). The Morgan fingerprint density at radius 1 is 1.35 bits per heavy atom. The topological polar surface area (TPSA) is 61.9 Å². The van der Waals surface area contributed by atoms with Crippen LogP contribution in [0.1, 0.15) is 16.8 Å². The first-order valence-electron chi connectivity index (χ1n) is 5.07. The number of hydrogen-bond donors (Lipinski definition) is 1. The van der Waals surface area contributed by atoms with Crippen molar-refractivity contribution in [3.63, 3.8) is 0 Å². The van der Waals surface area contributed by atoms with E-state index >= 15 is 0 Å². The van der Waals surface area contributed by atoms with Gasteiger partial charge in [0.2, 0.25) is 0 Å². The molecule has 1 N–H and O–H groups in total. The molecule has 17 heavy (non-hydrogen) atoms. The Balaban J connectivity index is 1.95. The number of nitriles is 1. The molecule has 5 heteroatoms. The Morgan fingerprint density at radius 3 is 2.94 bits per heavy atom. The minimum atomic E-state index is -0.401. The van der Waals surface area contributed by atoms with Crippen LogP contribution in [-0.2, 0) is 13.1 Å². The lowest BCUT2D eigenvalue weighted by Crippen LogP contribution is -2.13. The molecule has 1 aromatic carbocycles. The molecule has 0 aliphatic carbocycles. The molecule has 0 fully saturated rings. The summed E-state index contributed by atoms with van der Waals surface area (Å²) in [4.78, 5) is 0. The summed E-state index contributed by atoms with van der Waals surface area (Å²) < 4.78 is 17.8. The molecule has 0 bridgehead atoms. The smallest absolute Gasteiger partial charge is 0.124 e. The normalized spacial score (nSPS) is 10.1. The van der Waals surface area contributed by atoms with Crippen molar-refractivity contribution in [2.75, 3.05) is 0 Å². The van der Waals surface area contributed by atoms with Gasteiger partial charge in [0.25, 0.3) is 0 Å². The van der Waals surface area contributed by atoms with Crippen LogP contribution in [0, 0.1) is 17.1 Å². The van der Waals surface area contributed by atoms with Crippen LogP contribution in [-0.4, -0.2) is 5.16 Å². The van der Waals surface area contributed by atoms with E-state index in [0.29, 0.717) is 18.7 Å². The Morgan fingerprint density at radius 2 is 2.24 bits per heavy atom. The van der Waals surface area contributed by atoms with Crippen LogP contribution in [0.15, 0.2) is 35.1 Å². The van der Waals surface area contributed by atoms with Gasteiger partial charge in [-0.15, -0.1) is 0 Å². The minimum Gasteiger partial charge on any atom is -0.364 e. The fraction of sp³-hybridized carbons (Fsp3) is 0.167. The quantitative estimate of drug-likeness (QED) is 0.873. The first-order valence-corrected chi connectivity index (χ1v) is 5.07. The molecule has 0 saturated carbocycles. The summed E-state index contributed by atoms with van der Waals surface area (Å²) in [5.41, 5.74) is 1.83. The maximum Gasteiger partial charge on any atom is 0.124 e. The molecule has 1 heterocycles. The first kappa shape index (κ1) is 11.3. The number of halogens is 1. The molecule has 0 unspecified atom stereocenters. The van der Waals surface area contributed by atoms with Crippen LogP contribution >= 0.6 is 0 Å². The number of rotatable bonds is 4. The summed E-state index contributed by atoms with van der Waals surface area (Å²) in [5, 5.41) is 15.5. The van der Waals surface area contributed by atoms with Gasteiger partial charge < -0.3 is 9.84 Å². The zero-order valence-corrected chi connectivity index (χ0v) is 8.98. The Hall–Kier alpha value is -2.19. The third-order valence-corrected chi connectivity index (χ3v) is 2.21. The number of benzene rings is 1. The second-order valence-electron chi connectivity index (χ2n) is 3.55. The molecule has 0 aliphatic heterocycles. The molecule has 0 radical (unpaired) electrons. The van der Waals surface area contributed by atoms with Gasteiger partial charge in [-0.2, -0.15) is 5.26 Å². The van der Waals surface area contributed by atoms with Crippen LogP contribution in [0.5, 0.6) is 0 Å². The molecule has 0 atom stereocenters. The van der Waals surface area contributed by atoms with E-state index in [1.807, 2.05) is 6.07 Å². The van der Waals surface area contributed by atoms with E-state index in [1.165, 1.54) is 18.4 Å². The average molecular weight is 231 g/mol. The predicted molar refractivity (Wildman–Crippen MR) is 58.2 cm³/mol. The van der Waals surface area contributed by atoms with Crippen LogP contribution in [0.2, 0.25) is 0 Å². The minimum absolute atomic E-state index is 0.322. The highest BCUT2D eigenvalue weighted by Crippen LogP contribution is 2.08. The van der Waals surface area contributed by atoms with Crippen molar-refractivity contribution in [2.45, 2.75) is 13.1 Å². The molecule has 0 saturated heterocycles. The molecule has 4 nitrogen and oxygen atoms in total. The summed E-state index contributed by atoms with van der Waals surface area (Å²) >= 11 is 0. The van der Waals surface area contributed by atoms with E-state index in [4.69, 9.17) is 5.26 Å². The second-order valence-corrected chi connectivity index (χ2v) is 3.55. The molecule has 0 aliphatic rings. The van der Waals surface area contributed by atoms with Crippen molar-refractivity contribution in [1.29, 1.82) is 5.26 Å². The number of aromatic nitrogens is 1. The number of nitrogens with one attached hydrogen (secondary N) is 1. The third-order valence-electron chi connectivity index (χ3n) is 2.21. The SMILES string of the molecule is N#Cc1cc(F)cc(CNCc2ccon2)c1. The van der Waals surface area contributed by atoms with Crippen molar-refractivity contribution >= 4 is 0 Å². The standard InChI is InChI=1S/C12H10FN3O/c13-11-4-9(6-14)3-10(5-11)7-15-8-12-1-2-17-16-12/h1-5,15H,7-8H2. The van der Waals surface area contributed by atoms with Gasteiger partial charge >= 0.3 is 0 Å². The monoisotopic (exact) mass is 231 g/mol. The molecular weight excluding hydrogens is 221 g/mol. The Kier molecular flexibility index (Phi) is 3.48. The van der Waals surface area contributed by atoms with Crippen molar-refractivity contribution in [3.8, 4) is 6.07 Å². The molecule has 0 amide bonds. The van der Waals surface area contributed by atoms with Crippen LogP contribution in [0.25, 0.3) is 0 Å². The zero-order chi connectivity index (χ0) is 12.1. The van der Waals surface area contributed by atoms with Crippen molar-refractivity contribution in [2.24, 2.45) is 0 Å². The zero-order valence-electron chi connectivity index (χ0n) is 8.98. The van der Waals surface area contributed by atoms with Crippen LogP contribution in [0.3, 0.4) is 0 Å². The van der Waals surface area contributed by atoms with Crippen molar-refractivity contribution in [1.82, 2.24) is 10.5 Å². The van der Waals surface area contributed by atoms with Gasteiger partial charge in [0.05, 0.1) is 17.3 Å². The van der Waals surface area contributed by atoms with Crippen molar-refractivity contribution < 1.29 is 8.91 Å². The van der Waals surface area contributed by atoms with E-state index in [1.54, 1.807) is 12.1 Å². The Labute approximate surface area is 97.7 Å². The Bertz CT molecular complexity index is 531. The number of nitrogens with zero attached hydrogens (tertiary/aromatic N) is 2. The molecule has 0 spiro atoms. The summed E-state index contributed by atoms with van der Waals surface area (Å²) in [5.74, 6) is -0.401. The predicted octanol–water partition coefficient (Wildman–Crippen LogP) is 1.98. The lowest BCUT2D eigenvalue weighted by molar-refractivity contribution is 0.408. The van der Waals surface area contributed by atoms with Gasteiger partial charge in [0.1, 0.15) is 12.1 Å². The van der Waals surface area contributed by atoms with Crippen LogP contribution in [0.4, 0.5) is 4.39 Å². The lowest BCUT2D eigenvalue weighted by Gasteiger charge is -2.03. The maximum absolute atomic E-state index is 13.1. The van der Waals surface area contributed by atoms with E-state index in [-0.39, 0.29) is 0 Å². The lowest BCUT2D eigenvalue weighted by atomic mass is 10.1. The molecular formula is C12H10FN3O. The van der Waals surface area contributed by atoms with E-state index in [0.717, 1.165) is 11.3 Å². The van der Waals surface area contributed by atoms with E-state index in [2.05, 4.69) is 15.0 Å².